The van der Waals surface area contributed by atoms with E-state index in [0.29, 0.717) is 5.92 Å². The van der Waals surface area contributed by atoms with Gasteiger partial charge in [0.1, 0.15) is 0 Å². The average Bonchev–Trinajstić information content (AvgIpc) is 2.30. The maximum Gasteiger partial charge on any atom is -0.00431 e. The first-order valence-electron chi connectivity index (χ1n) is 6.08. The lowest BCUT2D eigenvalue weighted by molar-refractivity contribution is 0.457. The van der Waals surface area contributed by atoms with Crippen molar-refractivity contribution in [3.05, 3.63) is 35.4 Å². The van der Waals surface area contributed by atoms with Crippen LogP contribution < -0.4 is 5.32 Å². The fourth-order valence-corrected chi connectivity index (χ4v) is 2.54. The number of piperidine rings is 1. The third kappa shape index (κ3) is 2.40. The molecule has 1 aromatic carbocycles. The normalized spacial score (nSPS) is 18.3. The van der Waals surface area contributed by atoms with Gasteiger partial charge in [-0.3, -0.25) is 0 Å². The maximum absolute atomic E-state index is 3.43. The Balaban J connectivity index is 2.25. The molecule has 1 heteroatoms. The van der Waals surface area contributed by atoms with Gasteiger partial charge in [-0.25, -0.2) is 0 Å². The third-order valence-electron chi connectivity index (χ3n) is 3.40. The van der Waals surface area contributed by atoms with E-state index in [2.05, 4.69) is 43.4 Å². The van der Waals surface area contributed by atoms with Gasteiger partial charge in [0.05, 0.1) is 0 Å². The zero-order valence-corrected chi connectivity index (χ0v) is 9.79. The summed E-state index contributed by atoms with van der Waals surface area (Å²) in [6.45, 7) is 6.94. The SMILES string of the molecule is CC(C)c1ccccc1C1CCNCC1. The zero-order valence-electron chi connectivity index (χ0n) is 9.79. The Kier molecular flexibility index (Phi) is 3.42. The number of benzene rings is 1. The van der Waals surface area contributed by atoms with Gasteiger partial charge in [0.25, 0.3) is 0 Å². The fourth-order valence-electron chi connectivity index (χ4n) is 2.54. The van der Waals surface area contributed by atoms with Gasteiger partial charge in [0.15, 0.2) is 0 Å². The van der Waals surface area contributed by atoms with E-state index in [1.165, 1.54) is 25.9 Å². The first-order chi connectivity index (χ1) is 7.29. The maximum atomic E-state index is 3.43. The lowest BCUT2D eigenvalue weighted by Crippen LogP contribution is -2.27. The Hall–Kier alpha value is -0.820. The molecule has 1 aromatic rings. The molecule has 2 rings (SSSR count). The van der Waals surface area contributed by atoms with Gasteiger partial charge in [-0.05, 0) is 48.9 Å². The highest BCUT2D eigenvalue weighted by Gasteiger charge is 2.18. The number of hydrogen-bond donors (Lipinski definition) is 1. The van der Waals surface area contributed by atoms with Crippen LogP contribution in [0.15, 0.2) is 24.3 Å². The van der Waals surface area contributed by atoms with E-state index >= 15 is 0 Å². The summed E-state index contributed by atoms with van der Waals surface area (Å²) in [5, 5.41) is 3.43. The van der Waals surface area contributed by atoms with Gasteiger partial charge in [-0.1, -0.05) is 38.1 Å². The van der Waals surface area contributed by atoms with Crippen molar-refractivity contribution < 1.29 is 0 Å². The molecule has 1 saturated heterocycles. The first kappa shape index (κ1) is 10.7. The van der Waals surface area contributed by atoms with E-state index in [1.807, 2.05) is 0 Å². The number of rotatable bonds is 2. The number of hydrogen-bond acceptors (Lipinski definition) is 1. The highest BCUT2D eigenvalue weighted by Crippen LogP contribution is 2.31. The Labute approximate surface area is 92.9 Å². The Morgan fingerprint density at radius 1 is 1.13 bits per heavy atom. The summed E-state index contributed by atoms with van der Waals surface area (Å²) < 4.78 is 0. The largest absolute Gasteiger partial charge is 0.317 e. The summed E-state index contributed by atoms with van der Waals surface area (Å²) in [6, 6.07) is 8.97. The van der Waals surface area contributed by atoms with E-state index in [0.717, 1.165) is 5.92 Å². The molecule has 0 saturated carbocycles. The molecule has 0 atom stereocenters. The molecule has 0 radical (unpaired) electrons. The van der Waals surface area contributed by atoms with Crippen LogP contribution in [0.2, 0.25) is 0 Å². The molecule has 0 amide bonds. The van der Waals surface area contributed by atoms with Crippen molar-refractivity contribution in [3.63, 3.8) is 0 Å². The molecule has 15 heavy (non-hydrogen) atoms. The van der Waals surface area contributed by atoms with Crippen LogP contribution >= 0.6 is 0 Å². The molecule has 1 nitrogen and oxygen atoms in total. The van der Waals surface area contributed by atoms with Crippen LogP contribution in [-0.4, -0.2) is 13.1 Å². The Morgan fingerprint density at radius 2 is 1.80 bits per heavy atom. The second-order valence-electron chi connectivity index (χ2n) is 4.81. The van der Waals surface area contributed by atoms with Crippen LogP contribution in [0.25, 0.3) is 0 Å². The van der Waals surface area contributed by atoms with Crippen molar-refractivity contribution in [2.45, 2.75) is 38.5 Å². The molecule has 1 heterocycles. The van der Waals surface area contributed by atoms with Crippen LogP contribution in [0.3, 0.4) is 0 Å². The predicted octanol–water partition coefficient (Wildman–Crippen LogP) is 3.28. The monoisotopic (exact) mass is 203 g/mol. The third-order valence-corrected chi connectivity index (χ3v) is 3.40. The van der Waals surface area contributed by atoms with Gasteiger partial charge in [0.2, 0.25) is 0 Å². The van der Waals surface area contributed by atoms with Gasteiger partial charge in [-0.2, -0.15) is 0 Å². The summed E-state index contributed by atoms with van der Waals surface area (Å²) in [5.74, 6) is 1.43. The van der Waals surface area contributed by atoms with Crippen LogP contribution in [0, 0.1) is 0 Å². The van der Waals surface area contributed by atoms with Crippen molar-refractivity contribution in [2.24, 2.45) is 0 Å². The molecule has 1 fully saturated rings. The lowest BCUT2D eigenvalue weighted by Gasteiger charge is -2.26. The minimum absolute atomic E-state index is 0.649. The summed E-state index contributed by atoms with van der Waals surface area (Å²) in [7, 11) is 0. The van der Waals surface area contributed by atoms with E-state index in [9.17, 15) is 0 Å². The number of nitrogens with one attached hydrogen (secondary N) is 1. The van der Waals surface area contributed by atoms with Crippen LogP contribution in [-0.2, 0) is 0 Å². The molecule has 0 spiro atoms. The van der Waals surface area contributed by atoms with E-state index < -0.39 is 0 Å². The van der Waals surface area contributed by atoms with E-state index in [-0.39, 0.29) is 0 Å². The smallest absolute Gasteiger partial charge is 0.00431 e. The van der Waals surface area contributed by atoms with Crippen molar-refractivity contribution in [1.29, 1.82) is 0 Å². The van der Waals surface area contributed by atoms with Crippen molar-refractivity contribution >= 4 is 0 Å². The molecule has 1 aliphatic rings. The molecule has 0 aliphatic carbocycles. The van der Waals surface area contributed by atoms with Crippen LogP contribution in [0.1, 0.15) is 49.7 Å². The highest BCUT2D eigenvalue weighted by atomic mass is 14.9. The van der Waals surface area contributed by atoms with Gasteiger partial charge >= 0.3 is 0 Å². The molecule has 82 valence electrons. The average molecular weight is 203 g/mol. The Bertz CT molecular complexity index is 311. The lowest BCUT2D eigenvalue weighted by atomic mass is 9.84. The summed E-state index contributed by atoms with van der Waals surface area (Å²) >= 11 is 0. The second-order valence-corrected chi connectivity index (χ2v) is 4.81. The summed E-state index contributed by atoms with van der Waals surface area (Å²) in [5.41, 5.74) is 3.14. The van der Waals surface area contributed by atoms with Crippen LogP contribution in [0.5, 0.6) is 0 Å². The molecular formula is C14H21N. The molecule has 1 aliphatic heterocycles. The van der Waals surface area contributed by atoms with Crippen molar-refractivity contribution in [1.82, 2.24) is 5.32 Å². The van der Waals surface area contributed by atoms with Crippen molar-refractivity contribution in [2.75, 3.05) is 13.1 Å². The van der Waals surface area contributed by atoms with Gasteiger partial charge in [-0.15, -0.1) is 0 Å². The first-order valence-corrected chi connectivity index (χ1v) is 6.08. The van der Waals surface area contributed by atoms with Crippen LogP contribution in [0.4, 0.5) is 0 Å². The highest BCUT2D eigenvalue weighted by molar-refractivity contribution is 5.33. The summed E-state index contributed by atoms with van der Waals surface area (Å²) in [4.78, 5) is 0. The minimum Gasteiger partial charge on any atom is -0.317 e. The quantitative estimate of drug-likeness (QED) is 0.778. The fraction of sp³-hybridized carbons (Fsp3) is 0.571. The zero-order chi connectivity index (χ0) is 10.7. The topological polar surface area (TPSA) is 12.0 Å². The minimum atomic E-state index is 0.649. The van der Waals surface area contributed by atoms with Crippen molar-refractivity contribution in [3.8, 4) is 0 Å². The van der Waals surface area contributed by atoms with E-state index in [1.54, 1.807) is 11.1 Å². The molecule has 1 N–H and O–H groups in total. The molecule has 0 bridgehead atoms. The van der Waals surface area contributed by atoms with E-state index in [4.69, 9.17) is 0 Å². The summed E-state index contributed by atoms with van der Waals surface area (Å²) in [6.07, 6.45) is 2.59. The molecule has 0 aromatic heterocycles. The molecule has 0 unspecified atom stereocenters. The van der Waals surface area contributed by atoms with Gasteiger partial charge in [0, 0.05) is 0 Å². The molecular weight excluding hydrogens is 182 g/mol. The standard InChI is InChI=1S/C14H21N/c1-11(2)13-5-3-4-6-14(13)12-7-9-15-10-8-12/h3-6,11-12,15H,7-10H2,1-2H3. The predicted molar refractivity (Wildman–Crippen MR) is 65.4 cm³/mol. The van der Waals surface area contributed by atoms with Gasteiger partial charge < -0.3 is 5.32 Å². The second kappa shape index (κ2) is 4.80. The Morgan fingerprint density at radius 3 is 2.47 bits per heavy atom.